The van der Waals surface area contributed by atoms with Crippen molar-refractivity contribution in [2.24, 2.45) is 11.8 Å². The van der Waals surface area contributed by atoms with E-state index in [-0.39, 0.29) is 0 Å². The monoisotopic (exact) mass is 295 g/mol. The molecule has 0 aromatic heterocycles. The van der Waals surface area contributed by atoms with E-state index in [2.05, 4.69) is 34.1 Å². The summed E-state index contributed by atoms with van der Waals surface area (Å²) in [5.41, 5.74) is 0. The van der Waals surface area contributed by atoms with Gasteiger partial charge in [-0.25, -0.2) is 0 Å². The Morgan fingerprint density at radius 3 is 1.29 bits per heavy atom. The Hall–Kier alpha value is 0. The molecule has 0 aromatic carbocycles. The van der Waals surface area contributed by atoms with Gasteiger partial charge in [-0.1, -0.05) is 111 Å². The van der Waals surface area contributed by atoms with Gasteiger partial charge in [0.1, 0.15) is 0 Å². The molecule has 0 aromatic rings. The summed E-state index contributed by atoms with van der Waals surface area (Å²) in [4.78, 5) is 0. The van der Waals surface area contributed by atoms with E-state index < -0.39 is 0 Å². The van der Waals surface area contributed by atoms with Gasteiger partial charge in [0.05, 0.1) is 0 Å². The molecule has 0 N–H and O–H groups in total. The van der Waals surface area contributed by atoms with Gasteiger partial charge in [-0.2, -0.15) is 0 Å². The zero-order valence-corrected chi connectivity index (χ0v) is 15.6. The number of unbranched alkanes of at least 4 members (excludes halogenated alkanes) is 12. The number of rotatable bonds is 16. The van der Waals surface area contributed by atoms with Crippen LogP contribution >= 0.6 is 0 Å². The molecule has 0 heterocycles. The lowest BCUT2D eigenvalue weighted by Gasteiger charge is -2.05. The Morgan fingerprint density at radius 2 is 0.905 bits per heavy atom. The van der Waals surface area contributed by atoms with E-state index >= 15 is 0 Å². The minimum Gasteiger partial charge on any atom is -0.0628 e. The Morgan fingerprint density at radius 1 is 0.524 bits per heavy atom. The van der Waals surface area contributed by atoms with Gasteiger partial charge in [-0.3, -0.25) is 0 Å². The molecule has 0 saturated carbocycles. The van der Waals surface area contributed by atoms with Gasteiger partial charge >= 0.3 is 0 Å². The highest BCUT2D eigenvalue weighted by atomic mass is 14.0. The van der Waals surface area contributed by atoms with Crippen LogP contribution in [-0.2, 0) is 0 Å². The fraction of sp³-hybridized carbons (Fsp3) is 0.952. The van der Waals surface area contributed by atoms with Gasteiger partial charge in [0.15, 0.2) is 0 Å². The fourth-order valence-corrected chi connectivity index (χ4v) is 2.92. The number of hydrogen-bond acceptors (Lipinski definition) is 0. The first-order chi connectivity index (χ1) is 10.1. The summed E-state index contributed by atoms with van der Waals surface area (Å²) >= 11 is 0. The quantitative estimate of drug-likeness (QED) is 0.253. The van der Waals surface area contributed by atoms with Crippen molar-refractivity contribution in [2.45, 2.75) is 118 Å². The molecule has 0 fully saturated rings. The average molecular weight is 296 g/mol. The lowest BCUT2D eigenvalue weighted by molar-refractivity contribution is 0.503. The van der Waals surface area contributed by atoms with Gasteiger partial charge in [0.2, 0.25) is 0 Å². The summed E-state index contributed by atoms with van der Waals surface area (Å²) in [6.45, 7) is 9.24. The van der Waals surface area contributed by atoms with Crippen molar-refractivity contribution in [3.8, 4) is 0 Å². The third kappa shape index (κ3) is 20.0. The molecule has 0 nitrogen and oxygen atoms in total. The fourth-order valence-electron chi connectivity index (χ4n) is 2.92. The van der Waals surface area contributed by atoms with Gasteiger partial charge in [-0.15, -0.1) is 0 Å². The Bertz CT molecular complexity index is 160. The van der Waals surface area contributed by atoms with E-state index in [1.807, 2.05) is 0 Å². The molecule has 21 heavy (non-hydrogen) atoms. The minimum absolute atomic E-state index is 0.773. The van der Waals surface area contributed by atoms with Crippen molar-refractivity contribution in [3.63, 3.8) is 0 Å². The third-order valence-corrected chi connectivity index (χ3v) is 4.37. The van der Waals surface area contributed by atoms with Gasteiger partial charge < -0.3 is 0 Å². The average Bonchev–Trinajstić information content (AvgIpc) is 2.42. The molecule has 0 aliphatic rings. The van der Waals surface area contributed by atoms with E-state index in [9.17, 15) is 0 Å². The second-order valence-corrected chi connectivity index (χ2v) is 7.69. The molecule has 127 valence electrons. The third-order valence-electron chi connectivity index (χ3n) is 4.37. The van der Waals surface area contributed by atoms with Crippen LogP contribution in [-0.4, -0.2) is 0 Å². The first-order valence-corrected chi connectivity index (χ1v) is 9.96. The summed E-state index contributed by atoms with van der Waals surface area (Å²) in [6.07, 6.45) is 22.8. The van der Waals surface area contributed by atoms with Crippen molar-refractivity contribution in [2.75, 3.05) is 0 Å². The van der Waals surface area contributed by atoms with Crippen LogP contribution in [0, 0.1) is 18.3 Å². The van der Waals surface area contributed by atoms with Crippen molar-refractivity contribution in [1.29, 1.82) is 0 Å². The number of hydrogen-bond donors (Lipinski definition) is 0. The second kappa shape index (κ2) is 16.4. The van der Waals surface area contributed by atoms with Crippen LogP contribution in [0.1, 0.15) is 118 Å². The van der Waals surface area contributed by atoms with Crippen molar-refractivity contribution >= 4 is 0 Å². The van der Waals surface area contributed by atoms with E-state index in [4.69, 9.17) is 0 Å². The van der Waals surface area contributed by atoms with Crippen LogP contribution < -0.4 is 0 Å². The smallest absolute Gasteiger partial charge is 0.0360 e. The molecule has 0 bridgehead atoms. The van der Waals surface area contributed by atoms with Crippen molar-refractivity contribution < 1.29 is 0 Å². The SMILES string of the molecule is CC(C)[CH]CCCCCCCCCCCCCCC(C)C. The van der Waals surface area contributed by atoms with Gasteiger partial charge in [0.25, 0.3) is 0 Å². The summed E-state index contributed by atoms with van der Waals surface area (Å²) in [5, 5.41) is 0. The first kappa shape index (κ1) is 21.0. The van der Waals surface area contributed by atoms with Crippen LogP contribution in [0.4, 0.5) is 0 Å². The predicted octanol–water partition coefficient (Wildman–Crippen LogP) is 7.96. The van der Waals surface area contributed by atoms with E-state index in [0.717, 1.165) is 11.8 Å². The van der Waals surface area contributed by atoms with Gasteiger partial charge in [0, 0.05) is 0 Å². The molecular formula is C21H43. The predicted molar refractivity (Wildman–Crippen MR) is 98.6 cm³/mol. The largest absolute Gasteiger partial charge is 0.0628 e. The molecule has 0 atom stereocenters. The Labute approximate surface area is 136 Å². The van der Waals surface area contributed by atoms with Crippen LogP contribution in [0.15, 0.2) is 0 Å². The van der Waals surface area contributed by atoms with Crippen LogP contribution in [0.25, 0.3) is 0 Å². The molecule has 0 amide bonds. The first-order valence-electron chi connectivity index (χ1n) is 9.96. The van der Waals surface area contributed by atoms with Crippen molar-refractivity contribution in [1.82, 2.24) is 0 Å². The molecule has 1 radical (unpaired) electrons. The summed E-state index contributed by atoms with van der Waals surface area (Å²) in [7, 11) is 0. The van der Waals surface area contributed by atoms with Crippen molar-refractivity contribution in [3.05, 3.63) is 6.42 Å². The standard InChI is InChI=1S/C21H43/c1-20(2)18-16-14-12-10-8-6-5-7-9-11-13-15-17-19-21(3)4/h18,20-21H,5-17,19H2,1-4H3. The molecule has 0 saturated heterocycles. The highest BCUT2D eigenvalue weighted by Crippen LogP contribution is 2.15. The van der Waals surface area contributed by atoms with E-state index in [0.29, 0.717) is 0 Å². The lowest BCUT2D eigenvalue weighted by atomic mass is 10.0. The van der Waals surface area contributed by atoms with Crippen LogP contribution in [0.5, 0.6) is 0 Å². The van der Waals surface area contributed by atoms with E-state index in [1.54, 1.807) is 0 Å². The maximum Gasteiger partial charge on any atom is -0.0360 e. The Kier molecular flexibility index (Phi) is 16.4. The molecule has 0 unspecified atom stereocenters. The summed E-state index contributed by atoms with van der Waals surface area (Å²) < 4.78 is 0. The topological polar surface area (TPSA) is 0 Å². The van der Waals surface area contributed by atoms with Crippen LogP contribution in [0.2, 0.25) is 0 Å². The second-order valence-electron chi connectivity index (χ2n) is 7.69. The molecule has 0 rings (SSSR count). The Balaban J connectivity index is 2.96. The summed E-state index contributed by atoms with van der Waals surface area (Å²) in [5.74, 6) is 1.67. The molecule has 0 aliphatic carbocycles. The lowest BCUT2D eigenvalue weighted by Crippen LogP contribution is -1.88. The molecule has 0 aliphatic heterocycles. The minimum atomic E-state index is 0.773. The maximum absolute atomic E-state index is 2.46. The summed E-state index contributed by atoms with van der Waals surface area (Å²) in [6, 6.07) is 0. The molecule has 0 spiro atoms. The normalized spacial score (nSPS) is 11.7. The maximum atomic E-state index is 2.46. The van der Waals surface area contributed by atoms with Crippen LogP contribution in [0.3, 0.4) is 0 Å². The molecule has 0 heteroatoms. The highest BCUT2D eigenvalue weighted by molar-refractivity contribution is 4.68. The highest BCUT2D eigenvalue weighted by Gasteiger charge is 1.97. The molecular weight excluding hydrogens is 252 g/mol. The van der Waals surface area contributed by atoms with Gasteiger partial charge in [-0.05, 0) is 24.7 Å². The van der Waals surface area contributed by atoms with E-state index in [1.165, 1.54) is 89.9 Å². The zero-order valence-electron chi connectivity index (χ0n) is 15.6. The zero-order chi connectivity index (χ0) is 15.8.